The number of amides is 2. The zero-order valence-corrected chi connectivity index (χ0v) is 28.1. The van der Waals surface area contributed by atoms with Crippen LogP contribution in [-0.2, 0) is 32.6 Å². The van der Waals surface area contributed by atoms with E-state index in [4.69, 9.17) is 27.9 Å². The lowest BCUT2D eigenvalue weighted by molar-refractivity contribution is -0.140. The minimum absolute atomic E-state index is 0.0172. The van der Waals surface area contributed by atoms with Gasteiger partial charge in [-0.3, -0.25) is 13.9 Å². The average Bonchev–Trinajstić information content (AvgIpc) is 3.05. The van der Waals surface area contributed by atoms with Gasteiger partial charge in [-0.05, 0) is 60.0 Å². The minimum Gasteiger partial charge on any atom is -0.497 e. The number of benzene rings is 4. The third kappa shape index (κ3) is 9.25. The van der Waals surface area contributed by atoms with E-state index in [9.17, 15) is 18.0 Å². The van der Waals surface area contributed by atoms with E-state index in [1.165, 1.54) is 35.2 Å². The van der Waals surface area contributed by atoms with Crippen molar-refractivity contribution in [1.82, 2.24) is 10.2 Å². The van der Waals surface area contributed by atoms with Crippen molar-refractivity contribution in [3.63, 3.8) is 0 Å². The average molecular weight is 683 g/mol. The smallest absolute Gasteiger partial charge is 0.264 e. The number of hydrogen-bond acceptors (Lipinski definition) is 5. The zero-order chi connectivity index (χ0) is 33.1. The highest BCUT2D eigenvalue weighted by molar-refractivity contribution is 7.92. The Morgan fingerprint density at radius 1 is 0.848 bits per heavy atom. The topological polar surface area (TPSA) is 96.0 Å². The van der Waals surface area contributed by atoms with Gasteiger partial charge in [0.2, 0.25) is 11.8 Å². The molecular formula is C35H37Cl2N3O5S. The van der Waals surface area contributed by atoms with Crippen LogP contribution in [0.3, 0.4) is 0 Å². The van der Waals surface area contributed by atoms with E-state index in [0.717, 1.165) is 22.7 Å². The first-order valence-electron chi connectivity index (χ1n) is 14.9. The van der Waals surface area contributed by atoms with Crippen LogP contribution in [0.4, 0.5) is 5.69 Å². The Hall–Kier alpha value is -4.05. The molecule has 4 rings (SSSR count). The lowest BCUT2D eigenvalue weighted by atomic mass is 10.0. The molecule has 0 bridgehead atoms. The molecule has 2 amide bonds. The summed E-state index contributed by atoms with van der Waals surface area (Å²) < 4.78 is 34.6. The van der Waals surface area contributed by atoms with Crippen LogP contribution in [0, 0.1) is 0 Å². The first-order valence-corrected chi connectivity index (χ1v) is 17.1. The van der Waals surface area contributed by atoms with Gasteiger partial charge in [0.25, 0.3) is 10.0 Å². The zero-order valence-electron chi connectivity index (χ0n) is 25.7. The van der Waals surface area contributed by atoms with Crippen LogP contribution in [-0.4, -0.2) is 51.4 Å². The molecule has 46 heavy (non-hydrogen) atoms. The van der Waals surface area contributed by atoms with Gasteiger partial charge in [-0.1, -0.05) is 97.2 Å². The van der Waals surface area contributed by atoms with Crippen LogP contribution >= 0.6 is 23.2 Å². The Labute approximate surface area is 280 Å². The van der Waals surface area contributed by atoms with Gasteiger partial charge in [-0.15, -0.1) is 0 Å². The third-order valence-electron chi connectivity index (χ3n) is 7.33. The van der Waals surface area contributed by atoms with Crippen LogP contribution in [0.15, 0.2) is 108 Å². The molecule has 11 heteroatoms. The van der Waals surface area contributed by atoms with Crippen LogP contribution in [0.5, 0.6) is 5.75 Å². The predicted molar refractivity (Wildman–Crippen MR) is 183 cm³/mol. The van der Waals surface area contributed by atoms with Gasteiger partial charge in [0, 0.05) is 29.6 Å². The SMILES string of the molecule is CCCCNC(=O)[C@H](Cc1ccccc1)N(Cc1cccc(OC)c1)C(=O)CN(c1cc(Cl)cc(Cl)c1)S(=O)(=O)c1ccccc1. The lowest BCUT2D eigenvalue weighted by Crippen LogP contribution is -2.53. The van der Waals surface area contributed by atoms with Crippen LogP contribution in [0.25, 0.3) is 0 Å². The van der Waals surface area contributed by atoms with Crippen molar-refractivity contribution in [3.8, 4) is 5.75 Å². The van der Waals surface area contributed by atoms with Crippen LogP contribution in [0.2, 0.25) is 10.0 Å². The third-order valence-corrected chi connectivity index (χ3v) is 9.56. The highest BCUT2D eigenvalue weighted by Gasteiger charge is 2.34. The lowest BCUT2D eigenvalue weighted by Gasteiger charge is -2.34. The normalized spacial score (nSPS) is 11.8. The number of methoxy groups -OCH3 is 1. The number of nitrogens with zero attached hydrogens (tertiary/aromatic N) is 2. The summed E-state index contributed by atoms with van der Waals surface area (Å²) in [4.78, 5) is 29.8. The molecule has 0 radical (unpaired) electrons. The molecule has 0 aromatic heterocycles. The number of nitrogens with one attached hydrogen (secondary N) is 1. The number of hydrogen-bond donors (Lipinski definition) is 1. The summed E-state index contributed by atoms with van der Waals surface area (Å²) in [5.41, 5.74) is 1.66. The van der Waals surface area contributed by atoms with Crippen molar-refractivity contribution >= 4 is 50.7 Å². The number of rotatable bonds is 15. The van der Waals surface area contributed by atoms with E-state index < -0.39 is 28.5 Å². The van der Waals surface area contributed by atoms with Gasteiger partial charge in [0.05, 0.1) is 17.7 Å². The first-order chi connectivity index (χ1) is 22.1. The summed E-state index contributed by atoms with van der Waals surface area (Å²) in [6.07, 6.45) is 1.86. The second-order valence-corrected chi connectivity index (χ2v) is 13.4. The molecule has 0 fully saturated rings. The van der Waals surface area contributed by atoms with Crippen LogP contribution in [0.1, 0.15) is 30.9 Å². The van der Waals surface area contributed by atoms with E-state index in [-0.39, 0.29) is 39.5 Å². The summed E-state index contributed by atoms with van der Waals surface area (Å²) in [5.74, 6) is -0.347. The second-order valence-electron chi connectivity index (χ2n) is 10.7. The summed E-state index contributed by atoms with van der Waals surface area (Å²) in [6, 6.07) is 27.8. The van der Waals surface area contributed by atoms with E-state index in [0.29, 0.717) is 17.9 Å². The van der Waals surface area contributed by atoms with Crippen molar-refractivity contribution in [1.29, 1.82) is 0 Å². The summed E-state index contributed by atoms with van der Waals surface area (Å²) >= 11 is 12.6. The van der Waals surface area contributed by atoms with Gasteiger partial charge in [-0.2, -0.15) is 0 Å². The molecule has 4 aromatic carbocycles. The highest BCUT2D eigenvalue weighted by atomic mass is 35.5. The molecule has 1 atom stereocenters. The van der Waals surface area contributed by atoms with Crippen molar-refractivity contribution in [3.05, 3.63) is 124 Å². The van der Waals surface area contributed by atoms with Gasteiger partial charge < -0.3 is 15.0 Å². The molecule has 0 heterocycles. The molecular weight excluding hydrogens is 645 g/mol. The van der Waals surface area contributed by atoms with Crippen molar-refractivity contribution in [2.75, 3.05) is 24.5 Å². The standard InChI is InChI=1S/C35H37Cl2N3O5S/c1-3-4-18-38-35(42)33(20-26-12-7-5-8-13-26)39(24-27-14-11-15-31(19-27)45-2)34(41)25-40(30-22-28(36)21-29(37)23-30)46(43,44)32-16-9-6-10-17-32/h5-17,19,21-23,33H,3-4,18,20,24-25H2,1-2H3,(H,38,42)/t33-/m0/s1. The molecule has 0 unspecified atom stereocenters. The van der Waals surface area contributed by atoms with E-state index in [2.05, 4.69) is 5.32 Å². The Balaban J connectivity index is 1.81. The van der Waals surface area contributed by atoms with Gasteiger partial charge in [0.1, 0.15) is 18.3 Å². The molecule has 4 aromatic rings. The van der Waals surface area contributed by atoms with E-state index in [1.807, 2.05) is 43.3 Å². The van der Waals surface area contributed by atoms with Gasteiger partial charge in [0.15, 0.2) is 0 Å². The minimum atomic E-state index is -4.27. The molecule has 0 aliphatic carbocycles. The number of anilines is 1. The molecule has 0 saturated carbocycles. The van der Waals surface area contributed by atoms with E-state index in [1.54, 1.807) is 43.5 Å². The molecule has 242 valence electrons. The largest absolute Gasteiger partial charge is 0.497 e. The Morgan fingerprint density at radius 3 is 2.11 bits per heavy atom. The Morgan fingerprint density at radius 2 is 1.48 bits per heavy atom. The van der Waals surface area contributed by atoms with E-state index >= 15 is 0 Å². The maximum atomic E-state index is 14.5. The van der Waals surface area contributed by atoms with Crippen molar-refractivity contribution in [2.24, 2.45) is 0 Å². The fourth-order valence-corrected chi connectivity index (χ4v) is 6.89. The molecule has 8 nitrogen and oxygen atoms in total. The number of carbonyl (C=O) groups is 2. The number of sulfonamides is 1. The highest BCUT2D eigenvalue weighted by Crippen LogP contribution is 2.30. The second kappa shape index (κ2) is 16.5. The maximum absolute atomic E-state index is 14.5. The number of unbranched alkanes of at least 4 members (excludes halogenated alkanes) is 1. The summed E-state index contributed by atoms with van der Waals surface area (Å²) in [7, 11) is -2.73. The maximum Gasteiger partial charge on any atom is 0.264 e. The first kappa shape index (κ1) is 34.8. The van der Waals surface area contributed by atoms with Gasteiger partial charge >= 0.3 is 0 Å². The quantitative estimate of drug-likeness (QED) is 0.140. The van der Waals surface area contributed by atoms with Crippen molar-refractivity contribution < 1.29 is 22.7 Å². The summed E-state index contributed by atoms with van der Waals surface area (Å²) in [5, 5.41) is 3.38. The number of ether oxygens (including phenoxy) is 1. The fourth-order valence-electron chi connectivity index (χ4n) is 4.96. The predicted octanol–water partition coefficient (Wildman–Crippen LogP) is 6.75. The molecule has 1 N–H and O–H groups in total. The number of halogens is 2. The monoisotopic (exact) mass is 681 g/mol. The van der Waals surface area contributed by atoms with Gasteiger partial charge in [-0.25, -0.2) is 8.42 Å². The summed E-state index contributed by atoms with van der Waals surface area (Å²) in [6.45, 7) is 1.86. The molecule has 0 spiro atoms. The molecule has 0 aliphatic rings. The van der Waals surface area contributed by atoms with Crippen molar-refractivity contribution in [2.45, 2.75) is 43.7 Å². The van der Waals surface area contributed by atoms with Crippen LogP contribution < -0.4 is 14.4 Å². The Bertz CT molecular complexity index is 1700. The molecule has 0 saturated heterocycles. The molecule has 0 aliphatic heterocycles. The Kier molecular flexibility index (Phi) is 12.5. The number of carbonyl (C=O) groups excluding carboxylic acids is 2. The fraction of sp³-hybridized carbons (Fsp3) is 0.257.